The normalized spacial score (nSPS) is 12.6. The molecular formula is C18H16F6N2O3S. The third-order valence-electron chi connectivity index (χ3n) is 3.89. The van der Waals surface area contributed by atoms with Crippen LogP contribution in [0.5, 0.6) is 0 Å². The molecule has 0 saturated carbocycles. The van der Waals surface area contributed by atoms with E-state index >= 15 is 0 Å². The first kappa shape index (κ1) is 23.7. The summed E-state index contributed by atoms with van der Waals surface area (Å²) < 4.78 is 102. The molecule has 0 unspecified atom stereocenters. The number of amides is 1. The van der Waals surface area contributed by atoms with E-state index in [1.807, 2.05) is 4.72 Å². The van der Waals surface area contributed by atoms with Crippen LogP contribution >= 0.6 is 0 Å². The van der Waals surface area contributed by atoms with E-state index in [9.17, 15) is 39.6 Å². The number of benzene rings is 2. The molecule has 0 aliphatic heterocycles. The van der Waals surface area contributed by atoms with E-state index in [0.29, 0.717) is 11.6 Å². The Morgan fingerprint density at radius 1 is 0.867 bits per heavy atom. The Morgan fingerprint density at radius 2 is 1.47 bits per heavy atom. The van der Waals surface area contributed by atoms with Gasteiger partial charge in [0.05, 0.1) is 16.0 Å². The molecule has 0 bridgehead atoms. The summed E-state index contributed by atoms with van der Waals surface area (Å²) in [5.41, 5.74) is -1.55. The summed E-state index contributed by atoms with van der Waals surface area (Å²) in [5.74, 6) is -0.596. The van der Waals surface area contributed by atoms with Crippen LogP contribution in [0.25, 0.3) is 0 Å². The molecule has 5 nitrogen and oxygen atoms in total. The summed E-state index contributed by atoms with van der Waals surface area (Å²) >= 11 is 0. The van der Waals surface area contributed by atoms with Gasteiger partial charge < -0.3 is 5.32 Å². The van der Waals surface area contributed by atoms with Crippen LogP contribution in [0.2, 0.25) is 0 Å². The van der Waals surface area contributed by atoms with Crippen molar-refractivity contribution in [2.45, 2.75) is 30.2 Å². The standard InChI is InChI=1S/C18H16F6N2O3S/c19-17(20,21)13-6-4-12(5-7-13)11-25-16(27)8-9-26-30(28,29)15-3-1-2-14(10-15)18(22,23)24/h1-7,10,26H,8-9,11H2,(H,25,27). The van der Waals surface area contributed by atoms with E-state index in [0.717, 1.165) is 30.3 Å². The van der Waals surface area contributed by atoms with Gasteiger partial charge in [-0.2, -0.15) is 26.3 Å². The summed E-state index contributed by atoms with van der Waals surface area (Å²) in [7, 11) is -4.26. The number of sulfonamides is 1. The van der Waals surface area contributed by atoms with E-state index in [1.165, 1.54) is 12.1 Å². The van der Waals surface area contributed by atoms with Gasteiger partial charge in [-0.3, -0.25) is 4.79 Å². The van der Waals surface area contributed by atoms with Gasteiger partial charge in [-0.1, -0.05) is 18.2 Å². The van der Waals surface area contributed by atoms with Crippen molar-refractivity contribution >= 4 is 15.9 Å². The maximum absolute atomic E-state index is 12.7. The minimum atomic E-state index is -4.70. The van der Waals surface area contributed by atoms with Crippen LogP contribution in [-0.2, 0) is 33.7 Å². The molecule has 30 heavy (non-hydrogen) atoms. The number of hydrogen-bond acceptors (Lipinski definition) is 3. The van der Waals surface area contributed by atoms with Crippen LogP contribution in [0, 0.1) is 0 Å². The SMILES string of the molecule is O=C(CCNS(=O)(=O)c1cccc(C(F)(F)F)c1)NCc1ccc(C(F)(F)F)cc1. The first-order valence-electron chi connectivity index (χ1n) is 8.39. The lowest BCUT2D eigenvalue weighted by Gasteiger charge is -2.11. The predicted molar refractivity (Wildman–Crippen MR) is 94.5 cm³/mol. The molecule has 2 aromatic carbocycles. The molecule has 0 spiro atoms. The fourth-order valence-electron chi connectivity index (χ4n) is 2.32. The smallest absolute Gasteiger partial charge is 0.352 e. The van der Waals surface area contributed by atoms with Crippen molar-refractivity contribution < 1.29 is 39.6 Å². The molecule has 0 atom stereocenters. The van der Waals surface area contributed by atoms with Gasteiger partial charge in [-0.15, -0.1) is 0 Å². The van der Waals surface area contributed by atoms with E-state index in [-0.39, 0.29) is 19.5 Å². The Kier molecular flexibility index (Phi) is 7.14. The Bertz CT molecular complexity index is 986. The second-order valence-electron chi connectivity index (χ2n) is 6.14. The van der Waals surface area contributed by atoms with Gasteiger partial charge in [0, 0.05) is 19.5 Å². The third-order valence-corrected chi connectivity index (χ3v) is 5.35. The van der Waals surface area contributed by atoms with Crippen LogP contribution in [0.3, 0.4) is 0 Å². The third kappa shape index (κ3) is 6.73. The summed E-state index contributed by atoms with van der Waals surface area (Å²) in [6.45, 7) is -0.450. The van der Waals surface area contributed by atoms with E-state index in [2.05, 4.69) is 5.32 Å². The second-order valence-corrected chi connectivity index (χ2v) is 7.91. The lowest BCUT2D eigenvalue weighted by Crippen LogP contribution is -2.30. The van der Waals surface area contributed by atoms with Gasteiger partial charge in [0.1, 0.15) is 0 Å². The van der Waals surface area contributed by atoms with Crippen LogP contribution in [0.4, 0.5) is 26.3 Å². The fourth-order valence-corrected chi connectivity index (χ4v) is 3.40. The van der Waals surface area contributed by atoms with Gasteiger partial charge >= 0.3 is 12.4 Å². The highest BCUT2D eigenvalue weighted by atomic mass is 32.2. The van der Waals surface area contributed by atoms with Crippen molar-refractivity contribution in [3.63, 3.8) is 0 Å². The van der Waals surface area contributed by atoms with Crippen molar-refractivity contribution in [3.05, 3.63) is 65.2 Å². The summed E-state index contributed by atoms with van der Waals surface area (Å²) in [6.07, 6.45) is -9.50. The summed E-state index contributed by atoms with van der Waals surface area (Å²) in [4.78, 5) is 11.2. The number of alkyl halides is 6. The number of hydrogen-bond donors (Lipinski definition) is 2. The zero-order chi connectivity index (χ0) is 22.6. The first-order valence-corrected chi connectivity index (χ1v) is 9.87. The molecule has 1 amide bonds. The average molecular weight is 454 g/mol. The molecule has 0 heterocycles. The Hall–Kier alpha value is -2.60. The molecule has 0 aliphatic rings. The fraction of sp³-hybridized carbons (Fsp3) is 0.278. The molecule has 0 saturated heterocycles. The van der Waals surface area contributed by atoms with Crippen molar-refractivity contribution in [1.82, 2.24) is 10.0 Å². The zero-order valence-corrected chi connectivity index (χ0v) is 16.0. The molecule has 12 heteroatoms. The van der Waals surface area contributed by atoms with Crippen molar-refractivity contribution in [2.75, 3.05) is 6.54 Å². The lowest BCUT2D eigenvalue weighted by atomic mass is 10.1. The van der Waals surface area contributed by atoms with Crippen LogP contribution in [-0.4, -0.2) is 20.9 Å². The van der Waals surface area contributed by atoms with E-state index in [1.54, 1.807) is 0 Å². The lowest BCUT2D eigenvalue weighted by molar-refractivity contribution is -0.138. The minimum Gasteiger partial charge on any atom is -0.352 e. The molecule has 0 radical (unpaired) electrons. The molecule has 2 rings (SSSR count). The molecule has 164 valence electrons. The van der Waals surface area contributed by atoms with Gasteiger partial charge in [-0.05, 0) is 35.9 Å². The van der Waals surface area contributed by atoms with Gasteiger partial charge in [0.15, 0.2) is 0 Å². The van der Waals surface area contributed by atoms with Gasteiger partial charge in [-0.25, -0.2) is 13.1 Å². The van der Waals surface area contributed by atoms with Crippen LogP contribution < -0.4 is 10.0 Å². The minimum absolute atomic E-state index is 0.0721. The van der Waals surface area contributed by atoms with Crippen LogP contribution in [0.1, 0.15) is 23.1 Å². The average Bonchev–Trinajstić information content (AvgIpc) is 2.65. The molecule has 2 aromatic rings. The van der Waals surface area contributed by atoms with Crippen molar-refractivity contribution in [2.24, 2.45) is 0 Å². The predicted octanol–water partition coefficient (Wildman–Crippen LogP) is 3.71. The quantitative estimate of drug-likeness (QED) is 0.627. The summed E-state index contributed by atoms with van der Waals surface area (Å²) in [6, 6.07) is 7.27. The monoisotopic (exact) mass is 454 g/mol. The molecule has 2 N–H and O–H groups in total. The highest BCUT2D eigenvalue weighted by Crippen LogP contribution is 2.30. The highest BCUT2D eigenvalue weighted by Gasteiger charge is 2.32. The van der Waals surface area contributed by atoms with E-state index in [4.69, 9.17) is 0 Å². The number of carbonyl (C=O) groups is 1. The molecular weight excluding hydrogens is 438 g/mol. The maximum atomic E-state index is 12.7. The zero-order valence-electron chi connectivity index (χ0n) is 15.1. The topological polar surface area (TPSA) is 75.3 Å². The van der Waals surface area contributed by atoms with Crippen LogP contribution in [0.15, 0.2) is 53.4 Å². The van der Waals surface area contributed by atoms with E-state index < -0.39 is 44.3 Å². The number of halogens is 6. The van der Waals surface area contributed by atoms with Gasteiger partial charge in [0.2, 0.25) is 15.9 Å². The molecule has 0 aromatic heterocycles. The van der Waals surface area contributed by atoms with Crippen molar-refractivity contribution in [3.8, 4) is 0 Å². The number of rotatable bonds is 7. The Labute approximate surface area is 168 Å². The maximum Gasteiger partial charge on any atom is 0.416 e. The Morgan fingerprint density at radius 3 is 2.03 bits per heavy atom. The Balaban J connectivity index is 1.85. The summed E-state index contributed by atoms with van der Waals surface area (Å²) in [5, 5.41) is 2.41. The molecule has 0 fully saturated rings. The van der Waals surface area contributed by atoms with Gasteiger partial charge in [0.25, 0.3) is 0 Å². The van der Waals surface area contributed by atoms with Crippen molar-refractivity contribution in [1.29, 1.82) is 0 Å². The number of carbonyl (C=O) groups excluding carboxylic acids is 1. The molecule has 0 aliphatic carbocycles. The second kappa shape index (κ2) is 9.04. The first-order chi connectivity index (χ1) is 13.8. The number of nitrogens with one attached hydrogen (secondary N) is 2. The highest BCUT2D eigenvalue weighted by molar-refractivity contribution is 7.89. The largest absolute Gasteiger partial charge is 0.416 e.